The Kier molecular flexibility index (Phi) is 2.64. The molecule has 0 spiro atoms. The summed E-state index contributed by atoms with van der Waals surface area (Å²) in [5, 5.41) is 0. The molecule has 2 aromatic heterocycles. The van der Waals surface area contributed by atoms with E-state index in [1.165, 1.54) is 12.8 Å². The summed E-state index contributed by atoms with van der Waals surface area (Å²) >= 11 is 0. The summed E-state index contributed by atoms with van der Waals surface area (Å²) in [7, 11) is -2.82. The summed E-state index contributed by atoms with van der Waals surface area (Å²) in [5.41, 5.74) is 1.88. The van der Waals surface area contributed by atoms with Crippen LogP contribution in [0.2, 0.25) is 0 Å². The van der Waals surface area contributed by atoms with Crippen LogP contribution in [0.4, 0.5) is 0 Å². The van der Waals surface area contributed by atoms with Gasteiger partial charge < -0.3 is 4.57 Å². The van der Waals surface area contributed by atoms with Gasteiger partial charge in [-0.25, -0.2) is 18.4 Å². The fourth-order valence-electron chi connectivity index (χ4n) is 3.13. The summed E-state index contributed by atoms with van der Waals surface area (Å²) in [6.45, 7) is 0. The minimum absolute atomic E-state index is 0.217. The van der Waals surface area contributed by atoms with Crippen molar-refractivity contribution < 1.29 is 8.42 Å². The Morgan fingerprint density at radius 3 is 2.85 bits per heavy atom. The highest BCUT2D eigenvalue weighted by Gasteiger charge is 2.32. The predicted octanol–water partition coefficient (Wildman–Crippen LogP) is 1.74. The van der Waals surface area contributed by atoms with E-state index in [1.54, 1.807) is 6.20 Å². The van der Waals surface area contributed by atoms with Crippen molar-refractivity contribution in [1.82, 2.24) is 14.5 Å². The molecule has 2 aromatic rings. The summed E-state index contributed by atoms with van der Waals surface area (Å²) in [6, 6.07) is 4.40. The van der Waals surface area contributed by atoms with E-state index in [1.807, 2.05) is 12.1 Å². The van der Waals surface area contributed by atoms with Crippen molar-refractivity contribution in [2.24, 2.45) is 5.92 Å². The zero-order chi connectivity index (χ0) is 13.7. The molecule has 1 unspecified atom stereocenters. The first-order valence-electron chi connectivity index (χ1n) is 7.15. The molecule has 1 atom stereocenters. The van der Waals surface area contributed by atoms with E-state index in [2.05, 4.69) is 9.55 Å². The van der Waals surface area contributed by atoms with Crippen LogP contribution >= 0.6 is 0 Å². The molecule has 0 radical (unpaired) electrons. The van der Waals surface area contributed by atoms with E-state index in [-0.39, 0.29) is 5.92 Å². The lowest BCUT2D eigenvalue weighted by atomic mass is 10.1. The number of nitrogens with zero attached hydrogens (tertiary/aromatic N) is 3. The zero-order valence-corrected chi connectivity index (χ0v) is 12.0. The molecule has 5 nitrogen and oxygen atoms in total. The maximum absolute atomic E-state index is 11.6. The number of hydrogen-bond donors (Lipinski definition) is 0. The molecule has 3 heterocycles. The number of hydrogen-bond acceptors (Lipinski definition) is 4. The maximum Gasteiger partial charge on any atom is 0.160 e. The van der Waals surface area contributed by atoms with Crippen molar-refractivity contribution in [2.75, 3.05) is 11.5 Å². The Morgan fingerprint density at radius 1 is 1.30 bits per heavy atom. The van der Waals surface area contributed by atoms with Gasteiger partial charge in [0.25, 0.3) is 0 Å². The van der Waals surface area contributed by atoms with Crippen LogP contribution in [0.15, 0.2) is 18.3 Å². The van der Waals surface area contributed by atoms with E-state index >= 15 is 0 Å². The number of fused-ring (bicyclic) bond motifs is 1. The fourth-order valence-corrected chi connectivity index (χ4v) is 4.99. The average Bonchev–Trinajstić information content (AvgIpc) is 3.09. The van der Waals surface area contributed by atoms with Crippen molar-refractivity contribution in [1.29, 1.82) is 0 Å². The van der Waals surface area contributed by atoms with Gasteiger partial charge in [0.15, 0.2) is 15.5 Å². The average molecular weight is 291 g/mol. The van der Waals surface area contributed by atoms with Gasteiger partial charge in [-0.15, -0.1) is 0 Å². The maximum atomic E-state index is 11.6. The van der Waals surface area contributed by atoms with Crippen molar-refractivity contribution in [3.8, 4) is 0 Å². The minimum Gasteiger partial charge on any atom is -0.310 e. The Balaban J connectivity index is 1.71. The van der Waals surface area contributed by atoms with Gasteiger partial charge in [0.2, 0.25) is 0 Å². The molecular formula is C14H17N3O2S. The van der Waals surface area contributed by atoms with Gasteiger partial charge in [-0.3, -0.25) is 0 Å². The Hall–Kier alpha value is -1.43. The normalized spacial score (nSPS) is 25.3. The molecule has 1 saturated carbocycles. The number of rotatable bonds is 3. The topological polar surface area (TPSA) is 64.8 Å². The molecule has 0 aromatic carbocycles. The van der Waals surface area contributed by atoms with Crippen LogP contribution in [0.1, 0.15) is 31.1 Å². The highest BCUT2D eigenvalue weighted by atomic mass is 32.2. The first-order chi connectivity index (χ1) is 9.62. The second kappa shape index (κ2) is 4.28. The second-order valence-electron chi connectivity index (χ2n) is 5.95. The molecule has 2 fully saturated rings. The molecule has 0 amide bonds. The van der Waals surface area contributed by atoms with E-state index in [9.17, 15) is 8.42 Å². The third-order valence-corrected chi connectivity index (χ3v) is 6.07. The molecular weight excluding hydrogens is 274 g/mol. The molecule has 106 valence electrons. The largest absolute Gasteiger partial charge is 0.310 e. The van der Waals surface area contributed by atoms with Crippen molar-refractivity contribution in [2.45, 2.75) is 31.7 Å². The van der Waals surface area contributed by atoms with Crippen LogP contribution in [-0.4, -0.2) is 34.5 Å². The quantitative estimate of drug-likeness (QED) is 0.864. The van der Waals surface area contributed by atoms with Crippen LogP contribution in [0.3, 0.4) is 0 Å². The molecule has 20 heavy (non-hydrogen) atoms. The van der Waals surface area contributed by atoms with Crippen molar-refractivity contribution >= 4 is 21.0 Å². The summed E-state index contributed by atoms with van der Waals surface area (Å²) in [6.07, 6.45) is 5.68. The second-order valence-corrected chi connectivity index (χ2v) is 8.18. The molecule has 1 aliphatic carbocycles. The first kappa shape index (κ1) is 12.3. The van der Waals surface area contributed by atoms with E-state index in [0.717, 1.165) is 29.8 Å². The molecule has 6 heteroatoms. The molecule has 0 bridgehead atoms. The van der Waals surface area contributed by atoms with Crippen molar-refractivity contribution in [3.63, 3.8) is 0 Å². The van der Waals surface area contributed by atoms with Gasteiger partial charge in [-0.05, 0) is 37.3 Å². The Morgan fingerprint density at radius 2 is 2.15 bits per heavy atom. The Labute approximate surface area is 118 Å². The molecule has 0 N–H and O–H groups in total. The lowest BCUT2D eigenvalue weighted by molar-refractivity contribution is 0.547. The van der Waals surface area contributed by atoms with E-state index in [0.29, 0.717) is 17.5 Å². The van der Waals surface area contributed by atoms with Crippen LogP contribution in [0.5, 0.6) is 0 Å². The zero-order valence-electron chi connectivity index (χ0n) is 11.2. The minimum atomic E-state index is -2.82. The summed E-state index contributed by atoms with van der Waals surface area (Å²) in [4.78, 5) is 9.14. The monoisotopic (exact) mass is 291 g/mol. The third-order valence-electron chi connectivity index (χ3n) is 4.23. The third kappa shape index (κ3) is 2.12. The van der Waals surface area contributed by atoms with Crippen LogP contribution in [0.25, 0.3) is 11.2 Å². The van der Waals surface area contributed by atoms with E-state index < -0.39 is 9.84 Å². The van der Waals surface area contributed by atoms with Crippen LogP contribution in [-0.2, 0) is 16.3 Å². The molecule has 1 saturated heterocycles. The summed E-state index contributed by atoms with van der Waals surface area (Å²) < 4.78 is 25.4. The van der Waals surface area contributed by atoms with Gasteiger partial charge in [-0.2, -0.15) is 0 Å². The molecule has 1 aliphatic heterocycles. The lowest BCUT2D eigenvalue weighted by Crippen LogP contribution is -2.11. The van der Waals surface area contributed by atoms with Crippen LogP contribution in [0, 0.1) is 5.92 Å². The molecule has 4 rings (SSSR count). The van der Waals surface area contributed by atoms with E-state index in [4.69, 9.17) is 4.98 Å². The number of aromatic nitrogens is 3. The fraction of sp³-hybridized carbons (Fsp3) is 0.571. The Bertz CT molecular complexity index is 762. The van der Waals surface area contributed by atoms with Gasteiger partial charge in [0.1, 0.15) is 11.3 Å². The number of imidazole rings is 1. The summed E-state index contributed by atoms with van der Waals surface area (Å²) in [5.74, 6) is 1.88. The van der Waals surface area contributed by atoms with Gasteiger partial charge in [-0.1, -0.05) is 0 Å². The smallest absolute Gasteiger partial charge is 0.160 e. The highest BCUT2D eigenvalue weighted by Crippen LogP contribution is 2.39. The molecule has 2 aliphatic rings. The van der Waals surface area contributed by atoms with Gasteiger partial charge >= 0.3 is 0 Å². The van der Waals surface area contributed by atoms with Crippen LogP contribution < -0.4 is 0 Å². The van der Waals surface area contributed by atoms with Gasteiger partial charge in [0.05, 0.1) is 11.5 Å². The first-order valence-corrected chi connectivity index (χ1v) is 8.97. The number of pyridine rings is 1. The lowest BCUT2D eigenvalue weighted by Gasteiger charge is -2.10. The number of sulfone groups is 1. The van der Waals surface area contributed by atoms with Gasteiger partial charge in [0, 0.05) is 18.7 Å². The van der Waals surface area contributed by atoms with Crippen molar-refractivity contribution in [3.05, 3.63) is 24.2 Å². The highest BCUT2D eigenvalue weighted by molar-refractivity contribution is 7.91. The predicted molar refractivity (Wildman–Crippen MR) is 76.3 cm³/mol. The SMILES string of the molecule is O=S1(=O)CCC(Cc2nc3cccnc3n2C2CC2)C1. The standard InChI is InChI=1S/C14H17N3O2S/c18-20(19)7-5-10(9-20)8-13-16-12-2-1-6-15-14(12)17(13)11-3-4-11/h1-2,6,10-11H,3-5,7-9H2.